The van der Waals surface area contributed by atoms with Gasteiger partial charge < -0.3 is 10.6 Å². The number of nitrogens with two attached hydrogens (primary N) is 1. The minimum atomic E-state index is -3.46. The summed E-state index contributed by atoms with van der Waals surface area (Å²) in [5, 5.41) is 0. The van der Waals surface area contributed by atoms with Gasteiger partial charge in [-0.1, -0.05) is 0 Å². The third kappa shape index (κ3) is 2.76. The number of hydrogen-bond donors (Lipinski definition) is 1. The molecular formula is C15H21N3O3S. The van der Waals surface area contributed by atoms with E-state index >= 15 is 0 Å². The number of benzene rings is 1. The molecule has 1 aromatic rings. The second-order valence-electron chi connectivity index (χ2n) is 5.90. The summed E-state index contributed by atoms with van der Waals surface area (Å²) in [7, 11) is -3.46. The van der Waals surface area contributed by atoms with Crippen molar-refractivity contribution in [1.29, 1.82) is 0 Å². The fraction of sp³-hybridized carbons (Fsp3) is 0.533. The second kappa shape index (κ2) is 5.98. The predicted octanol–water partition coefficient (Wildman–Crippen LogP) is 0.783. The lowest BCUT2D eigenvalue weighted by Gasteiger charge is -2.18. The molecule has 2 N–H and O–H groups in total. The van der Waals surface area contributed by atoms with Crippen LogP contribution in [-0.4, -0.2) is 44.8 Å². The van der Waals surface area contributed by atoms with Crippen molar-refractivity contribution in [2.75, 3.05) is 31.1 Å². The lowest BCUT2D eigenvalue weighted by atomic mass is 10.1. The van der Waals surface area contributed by atoms with Gasteiger partial charge in [0.1, 0.15) is 0 Å². The number of amides is 1. The second-order valence-corrected chi connectivity index (χ2v) is 7.83. The molecule has 2 aliphatic heterocycles. The summed E-state index contributed by atoms with van der Waals surface area (Å²) >= 11 is 0. The fourth-order valence-corrected chi connectivity index (χ4v) is 4.61. The Kier molecular flexibility index (Phi) is 4.20. The number of sulfonamides is 1. The number of carbonyl (C=O) groups excluding carboxylic acids is 1. The molecule has 2 heterocycles. The zero-order valence-corrected chi connectivity index (χ0v) is 13.3. The van der Waals surface area contributed by atoms with E-state index in [1.165, 1.54) is 4.31 Å². The van der Waals surface area contributed by atoms with Gasteiger partial charge in [0.2, 0.25) is 15.9 Å². The van der Waals surface area contributed by atoms with Crippen LogP contribution in [0.25, 0.3) is 0 Å². The van der Waals surface area contributed by atoms with E-state index in [0.717, 1.165) is 18.5 Å². The number of anilines is 1. The molecule has 1 amide bonds. The van der Waals surface area contributed by atoms with Gasteiger partial charge in [-0.05, 0) is 49.6 Å². The Balaban J connectivity index is 1.79. The molecular weight excluding hydrogens is 302 g/mol. The van der Waals surface area contributed by atoms with E-state index in [2.05, 4.69) is 0 Å². The molecule has 0 aromatic heterocycles. The van der Waals surface area contributed by atoms with Crippen LogP contribution in [0.5, 0.6) is 0 Å². The van der Waals surface area contributed by atoms with Gasteiger partial charge in [0.05, 0.1) is 4.90 Å². The summed E-state index contributed by atoms with van der Waals surface area (Å²) < 4.78 is 26.7. The summed E-state index contributed by atoms with van der Waals surface area (Å²) in [4.78, 5) is 13.7. The average Bonchev–Trinajstić information content (AvgIpc) is 3.16. The van der Waals surface area contributed by atoms with Crippen molar-refractivity contribution in [3.8, 4) is 0 Å². The highest BCUT2D eigenvalue weighted by Crippen LogP contribution is 2.27. The molecule has 22 heavy (non-hydrogen) atoms. The first-order valence-corrected chi connectivity index (χ1v) is 9.07. The summed E-state index contributed by atoms with van der Waals surface area (Å²) in [6.45, 7) is 2.24. The van der Waals surface area contributed by atoms with Crippen LogP contribution in [-0.2, 0) is 14.8 Å². The molecule has 120 valence electrons. The molecule has 2 aliphatic rings. The summed E-state index contributed by atoms with van der Waals surface area (Å²) in [6.07, 6.45) is 2.23. The van der Waals surface area contributed by atoms with E-state index in [4.69, 9.17) is 5.73 Å². The third-order valence-corrected chi connectivity index (χ3v) is 6.32. The molecule has 2 fully saturated rings. The van der Waals surface area contributed by atoms with Crippen molar-refractivity contribution in [3.05, 3.63) is 24.3 Å². The highest BCUT2D eigenvalue weighted by molar-refractivity contribution is 7.89. The number of nitrogens with zero attached hydrogens (tertiary/aromatic N) is 2. The molecule has 0 bridgehead atoms. The SMILES string of the molecule is NCC1CCN(S(=O)(=O)c2ccc(N3CCCC3=O)cc2)C1. The van der Waals surface area contributed by atoms with E-state index in [0.29, 0.717) is 32.6 Å². The predicted molar refractivity (Wildman–Crippen MR) is 83.9 cm³/mol. The van der Waals surface area contributed by atoms with E-state index in [-0.39, 0.29) is 16.7 Å². The van der Waals surface area contributed by atoms with Crippen LogP contribution in [0.1, 0.15) is 19.3 Å². The molecule has 0 saturated carbocycles. The Morgan fingerprint density at radius 1 is 1.18 bits per heavy atom. The lowest BCUT2D eigenvalue weighted by molar-refractivity contribution is -0.117. The Labute approximate surface area is 130 Å². The molecule has 1 unspecified atom stereocenters. The Bertz CT molecular complexity index is 657. The van der Waals surface area contributed by atoms with Crippen molar-refractivity contribution >= 4 is 21.6 Å². The van der Waals surface area contributed by atoms with Crippen LogP contribution < -0.4 is 10.6 Å². The van der Waals surface area contributed by atoms with Crippen LogP contribution in [0.4, 0.5) is 5.69 Å². The van der Waals surface area contributed by atoms with Crippen LogP contribution in [0.15, 0.2) is 29.2 Å². The van der Waals surface area contributed by atoms with Gasteiger partial charge in [-0.25, -0.2) is 8.42 Å². The third-order valence-electron chi connectivity index (χ3n) is 4.44. The van der Waals surface area contributed by atoms with Crippen molar-refractivity contribution in [2.45, 2.75) is 24.2 Å². The van der Waals surface area contributed by atoms with Gasteiger partial charge in [-0.2, -0.15) is 4.31 Å². The van der Waals surface area contributed by atoms with Crippen molar-refractivity contribution in [3.63, 3.8) is 0 Å². The first-order valence-electron chi connectivity index (χ1n) is 7.63. The van der Waals surface area contributed by atoms with Gasteiger partial charge in [0.15, 0.2) is 0 Å². The van der Waals surface area contributed by atoms with Gasteiger partial charge in [0, 0.05) is 31.7 Å². The molecule has 0 aliphatic carbocycles. The molecule has 1 atom stereocenters. The topological polar surface area (TPSA) is 83.7 Å². The maximum Gasteiger partial charge on any atom is 0.243 e. The Morgan fingerprint density at radius 3 is 2.45 bits per heavy atom. The molecule has 6 nitrogen and oxygen atoms in total. The quantitative estimate of drug-likeness (QED) is 0.887. The van der Waals surface area contributed by atoms with E-state index in [1.807, 2.05) is 0 Å². The molecule has 1 aromatic carbocycles. The molecule has 0 spiro atoms. The summed E-state index contributed by atoms with van der Waals surface area (Å²) in [5.74, 6) is 0.345. The molecule has 7 heteroatoms. The monoisotopic (exact) mass is 323 g/mol. The lowest BCUT2D eigenvalue weighted by Crippen LogP contribution is -2.30. The number of hydrogen-bond acceptors (Lipinski definition) is 4. The minimum Gasteiger partial charge on any atom is -0.330 e. The maximum atomic E-state index is 12.6. The largest absolute Gasteiger partial charge is 0.330 e. The molecule has 0 radical (unpaired) electrons. The maximum absolute atomic E-state index is 12.6. The Morgan fingerprint density at radius 2 is 1.91 bits per heavy atom. The van der Waals surface area contributed by atoms with E-state index in [9.17, 15) is 13.2 Å². The number of carbonyl (C=O) groups is 1. The van der Waals surface area contributed by atoms with Gasteiger partial charge in [-0.3, -0.25) is 4.79 Å². The van der Waals surface area contributed by atoms with Crippen molar-refractivity contribution in [2.24, 2.45) is 11.7 Å². The normalized spacial score (nSPS) is 23.4. The first kappa shape index (κ1) is 15.5. The molecule has 3 rings (SSSR count). The Hall–Kier alpha value is -1.44. The fourth-order valence-electron chi connectivity index (χ4n) is 3.08. The highest BCUT2D eigenvalue weighted by Gasteiger charge is 2.32. The summed E-state index contributed by atoms with van der Waals surface area (Å²) in [5.41, 5.74) is 6.39. The minimum absolute atomic E-state index is 0.0981. The zero-order valence-electron chi connectivity index (χ0n) is 12.4. The smallest absolute Gasteiger partial charge is 0.243 e. The van der Waals surface area contributed by atoms with Crippen LogP contribution in [0.3, 0.4) is 0 Å². The van der Waals surface area contributed by atoms with E-state index < -0.39 is 10.0 Å². The zero-order chi connectivity index (χ0) is 15.7. The first-order chi connectivity index (χ1) is 10.5. The average molecular weight is 323 g/mol. The van der Waals surface area contributed by atoms with Crippen molar-refractivity contribution < 1.29 is 13.2 Å². The van der Waals surface area contributed by atoms with Crippen LogP contribution >= 0.6 is 0 Å². The van der Waals surface area contributed by atoms with Gasteiger partial charge >= 0.3 is 0 Å². The van der Waals surface area contributed by atoms with Crippen LogP contribution in [0, 0.1) is 5.92 Å². The number of rotatable bonds is 4. The van der Waals surface area contributed by atoms with Gasteiger partial charge in [0.25, 0.3) is 0 Å². The standard InChI is InChI=1S/C15H21N3O3S/c16-10-12-7-9-17(11-12)22(20,21)14-5-3-13(4-6-14)18-8-1-2-15(18)19/h3-6,12H,1-2,7-11,16H2. The summed E-state index contributed by atoms with van der Waals surface area (Å²) in [6, 6.07) is 6.61. The van der Waals surface area contributed by atoms with Crippen LogP contribution in [0.2, 0.25) is 0 Å². The van der Waals surface area contributed by atoms with Crippen molar-refractivity contribution in [1.82, 2.24) is 4.31 Å². The highest BCUT2D eigenvalue weighted by atomic mass is 32.2. The van der Waals surface area contributed by atoms with Gasteiger partial charge in [-0.15, -0.1) is 0 Å². The van der Waals surface area contributed by atoms with E-state index in [1.54, 1.807) is 29.2 Å². The molecule has 2 saturated heterocycles.